The summed E-state index contributed by atoms with van der Waals surface area (Å²) in [7, 11) is -7.55. The number of fused-ring (bicyclic) bond motifs is 2. The van der Waals surface area contributed by atoms with Crippen LogP contribution in [0.15, 0.2) is 17.6 Å². The molecule has 2 aliphatic carbocycles. The SMILES string of the molecule is CC(C)S(=O)(=O)N1CCCC1C=CS(=O)(=O)NC(=O)Nc1c2c(cc3c1CCC3)CCC2. The van der Waals surface area contributed by atoms with E-state index in [1.165, 1.54) is 21.5 Å². The number of aryl methyl sites for hydroxylation is 2. The number of carbonyl (C=O) groups excluding carboxylic acids is 1. The molecule has 1 saturated heterocycles. The van der Waals surface area contributed by atoms with Crippen molar-refractivity contribution in [1.82, 2.24) is 9.03 Å². The second kappa shape index (κ2) is 8.79. The van der Waals surface area contributed by atoms with Crippen LogP contribution in [0.25, 0.3) is 0 Å². The molecule has 1 aromatic rings. The highest BCUT2D eigenvalue weighted by molar-refractivity contribution is 7.93. The number of carbonyl (C=O) groups is 1. The Morgan fingerprint density at radius 2 is 1.66 bits per heavy atom. The number of anilines is 1. The summed E-state index contributed by atoms with van der Waals surface area (Å²) in [5.41, 5.74) is 5.51. The van der Waals surface area contributed by atoms with E-state index in [-0.39, 0.29) is 0 Å². The maximum atomic E-state index is 12.6. The third-order valence-electron chi connectivity index (χ3n) is 6.60. The maximum Gasteiger partial charge on any atom is 0.333 e. The van der Waals surface area contributed by atoms with Crippen LogP contribution in [0.5, 0.6) is 0 Å². The molecule has 1 aliphatic heterocycles. The van der Waals surface area contributed by atoms with Gasteiger partial charge in [0.2, 0.25) is 10.0 Å². The molecule has 0 radical (unpaired) electrons. The van der Waals surface area contributed by atoms with E-state index in [0.717, 1.165) is 60.7 Å². The molecule has 176 valence electrons. The van der Waals surface area contributed by atoms with Gasteiger partial charge in [-0.25, -0.2) is 26.4 Å². The average Bonchev–Trinajstić information content (AvgIpc) is 3.45. The molecule has 0 bridgehead atoms. The number of amides is 2. The van der Waals surface area contributed by atoms with Crippen molar-refractivity contribution in [3.63, 3.8) is 0 Å². The molecule has 3 aliphatic rings. The first-order valence-corrected chi connectivity index (χ1v) is 14.3. The number of sulfonamides is 2. The summed E-state index contributed by atoms with van der Waals surface area (Å²) in [5, 5.41) is 3.14. The Bertz CT molecular complexity index is 1120. The molecule has 4 rings (SSSR count). The van der Waals surface area contributed by atoms with E-state index >= 15 is 0 Å². The molecule has 2 N–H and O–H groups in total. The Morgan fingerprint density at radius 3 is 2.25 bits per heavy atom. The normalized spacial score (nSPS) is 21.3. The lowest BCUT2D eigenvalue weighted by Gasteiger charge is -2.23. The second-order valence-corrected chi connectivity index (χ2v) is 13.1. The summed E-state index contributed by atoms with van der Waals surface area (Å²) >= 11 is 0. The largest absolute Gasteiger partial charge is 0.333 e. The van der Waals surface area contributed by atoms with Crippen LogP contribution in [0.4, 0.5) is 10.5 Å². The van der Waals surface area contributed by atoms with Gasteiger partial charge in [-0.15, -0.1) is 0 Å². The van der Waals surface area contributed by atoms with Crippen molar-refractivity contribution >= 4 is 31.8 Å². The summed E-state index contributed by atoms with van der Waals surface area (Å²) in [6, 6.07) is 0.927. The fourth-order valence-corrected chi connectivity index (χ4v) is 7.25. The molecule has 1 unspecified atom stereocenters. The van der Waals surface area contributed by atoms with Gasteiger partial charge in [0.1, 0.15) is 0 Å². The standard InChI is InChI=1S/C22H31N3O5S2/c1-15(2)32(29,30)25-12-5-8-18(25)11-13-31(27,28)24-22(26)23-21-19-9-3-6-16(19)14-17-7-4-10-20(17)21/h11,13-15,18H,3-10,12H2,1-2H3,(H2,23,24,26). The minimum atomic E-state index is -4.07. The number of hydrogen-bond acceptors (Lipinski definition) is 5. The van der Waals surface area contributed by atoms with Gasteiger partial charge in [0.25, 0.3) is 10.0 Å². The van der Waals surface area contributed by atoms with Crippen molar-refractivity contribution in [2.24, 2.45) is 0 Å². The van der Waals surface area contributed by atoms with Gasteiger partial charge in [-0.1, -0.05) is 12.1 Å². The molecule has 1 aromatic carbocycles. The predicted molar refractivity (Wildman–Crippen MR) is 124 cm³/mol. The van der Waals surface area contributed by atoms with Crippen molar-refractivity contribution in [3.8, 4) is 0 Å². The van der Waals surface area contributed by atoms with Crippen molar-refractivity contribution < 1.29 is 21.6 Å². The van der Waals surface area contributed by atoms with Crippen molar-refractivity contribution in [1.29, 1.82) is 0 Å². The second-order valence-electron chi connectivity index (χ2n) is 9.08. The van der Waals surface area contributed by atoms with Gasteiger partial charge in [-0.2, -0.15) is 4.31 Å². The lowest BCUT2D eigenvalue weighted by molar-refractivity contribution is 0.256. The molecule has 1 fully saturated rings. The topological polar surface area (TPSA) is 113 Å². The fraction of sp³-hybridized carbons (Fsp3) is 0.591. The maximum absolute atomic E-state index is 12.6. The summed E-state index contributed by atoms with van der Waals surface area (Å²) in [6.07, 6.45) is 8.37. The molecule has 0 aromatic heterocycles. The first-order valence-electron chi connectivity index (χ1n) is 11.3. The Kier molecular flexibility index (Phi) is 6.39. The van der Waals surface area contributed by atoms with Crippen molar-refractivity contribution in [2.45, 2.75) is 76.5 Å². The van der Waals surface area contributed by atoms with Gasteiger partial charge in [-0.3, -0.25) is 0 Å². The molecular weight excluding hydrogens is 450 g/mol. The van der Waals surface area contributed by atoms with Crippen LogP contribution in [-0.2, 0) is 45.7 Å². The van der Waals surface area contributed by atoms with E-state index in [4.69, 9.17) is 0 Å². The van der Waals surface area contributed by atoms with Crippen LogP contribution in [0.3, 0.4) is 0 Å². The third-order valence-corrected chi connectivity index (χ3v) is 9.88. The molecule has 1 atom stereocenters. The number of rotatable bonds is 6. The van der Waals surface area contributed by atoms with Gasteiger partial charge >= 0.3 is 6.03 Å². The first-order chi connectivity index (χ1) is 15.1. The first kappa shape index (κ1) is 23.3. The number of nitrogens with zero attached hydrogens (tertiary/aromatic N) is 1. The molecular formula is C22H31N3O5S2. The number of hydrogen-bond donors (Lipinski definition) is 2. The summed E-state index contributed by atoms with van der Waals surface area (Å²) < 4.78 is 53.4. The van der Waals surface area contributed by atoms with Crippen LogP contribution < -0.4 is 10.0 Å². The Hall–Kier alpha value is -1.91. The van der Waals surface area contributed by atoms with E-state index < -0.39 is 37.4 Å². The third kappa shape index (κ3) is 4.58. The van der Waals surface area contributed by atoms with E-state index in [1.807, 2.05) is 0 Å². The number of benzene rings is 1. The van der Waals surface area contributed by atoms with E-state index in [0.29, 0.717) is 19.4 Å². The average molecular weight is 482 g/mol. The minimum absolute atomic E-state index is 0.369. The molecule has 10 heteroatoms. The summed E-state index contributed by atoms with van der Waals surface area (Å²) in [5.74, 6) is 0. The monoisotopic (exact) mass is 481 g/mol. The Balaban J connectivity index is 1.46. The highest BCUT2D eigenvalue weighted by atomic mass is 32.2. The van der Waals surface area contributed by atoms with E-state index in [2.05, 4.69) is 16.1 Å². The molecule has 0 saturated carbocycles. The summed E-state index contributed by atoms with van der Waals surface area (Å²) in [6.45, 7) is 3.58. The van der Waals surface area contributed by atoms with Crippen LogP contribution >= 0.6 is 0 Å². The fourth-order valence-electron chi connectivity index (χ4n) is 5.01. The number of nitrogens with one attached hydrogen (secondary N) is 2. The predicted octanol–water partition coefficient (Wildman–Crippen LogP) is 2.83. The van der Waals surface area contributed by atoms with Crippen LogP contribution in [-0.4, -0.2) is 45.0 Å². The van der Waals surface area contributed by atoms with Gasteiger partial charge in [-0.05, 0) is 87.5 Å². The zero-order chi connectivity index (χ0) is 23.1. The lowest BCUT2D eigenvalue weighted by Crippen LogP contribution is -2.39. The van der Waals surface area contributed by atoms with Gasteiger partial charge in [0.05, 0.1) is 5.25 Å². The molecule has 32 heavy (non-hydrogen) atoms. The minimum Gasteiger partial charge on any atom is -0.307 e. The van der Waals surface area contributed by atoms with E-state index in [1.54, 1.807) is 13.8 Å². The Morgan fingerprint density at radius 1 is 1.03 bits per heavy atom. The smallest absolute Gasteiger partial charge is 0.307 e. The van der Waals surface area contributed by atoms with Crippen molar-refractivity contribution in [2.75, 3.05) is 11.9 Å². The number of urea groups is 1. The van der Waals surface area contributed by atoms with Gasteiger partial charge in [0.15, 0.2) is 0 Å². The zero-order valence-corrected chi connectivity index (χ0v) is 20.2. The Labute approximate surface area is 190 Å². The highest BCUT2D eigenvalue weighted by Gasteiger charge is 2.35. The van der Waals surface area contributed by atoms with Crippen LogP contribution in [0.1, 0.15) is 61.8 Å². The molecule has 0 spiro atoms. The van der Waals surface area contributed by atoms with Gasteiger partial charge < -0.3 is 5.32 Å². The van der Waals surface area contributed by atoms with E-state index in [9.17, 15) is 21.6 Å². The quantitative estimate of drug-likeness (QED) is 0.649. The van der Waals surface area contributed by atoms with Crippen molar-refractivity contribution in [3.05, 3.63) is 39.8 Å². The highest BCUT2D eigenvalue weighted by Crippen LogP contribution is 2.38. The van der Waals surface area contributed by atoms with Crippen LogP contribution in [0, 0.1) is 0 Å². The summed E-state index contributed by atoms with van der Waals surface area (Å²) in [4.78, 5) is 12.6. The van der Waals surface area contributed by atoms with Gasteiger partial charge in [0, 0.05) is 23.7 Å². The molecule has 8 nitrogen and oxygen atoms in total. The van der Waals surface area contributed by atoms with Crippen LogP contribution in [0.2, 0.25) is 0 Å². The lowest BCUT2D eigenvalue weighted by atomic mass is 9.99. The molecule has 2 amide bonds. The molecule has 1 heterocycles. The zero-order valence-electron chi connectivity index (χ0n) is 18.6.